The highest BCUT2D eigenvalue weighted by atomic mass is 32.2. The normalized spacial score (nSPS) is 23.8. The molecule has 0 saturated carbocycles. The maximum Gasteiger partial charge on any atom is 0.206 e. The fraction of sp³-hybridized carbons (Fsp3) is 0.167. The number of nitrogens with one attached hydrogen (secondary N) is 1. The molecular weight excluding hydrogens is 390 g/mol. The highest BCUT2D eigenvalue weighted by Gasteiger charge is 2.55. The van der Waals surface area contributed by atoms with E-state index in [2.05, 4.69) is 66.0 Å². The number of benzene rings is 3. The van der Waals surface area contributed by atoms with Crippen molar-refractivity contribution in [3.8, 4) is 0 Å². The van der Waals surface area contributed by atoms with Crippen molar-refractivity contribution >= 4 is 22.6 Å². The van der Waals surface area contributed by atoms with Crippen molar-refractivity contribution in [2.24, 2.45) is 10.1 Å². The Morgan fingerprint density at radius 3 is 2.00 bits per heavy atom. The number of thioether (sulfide) groups is 1. The van der Waals surface area contributed by atoms with Crippen molar-refractivity contribution in [2.45, 2.75) is 11.0 Å². The number of rotatable bonds is 3. The van der Waals surface area contributed by atoms with Gasteiger partial charge >= 0.3 is 0 Å². The Kier molecular flexibility index (Phi) is 4.81. The van der Waals surface area contributed by atoms with Crippen molar-refractivity contribution in [3.05, 3.63) is 108 Å². The molecule has 0 aliphatic carbocycles. The molecule has 6 heteroatoms. The Labute approximate surface area is 181 Å². The third kappa shape index (κ3) is 3.09. The predicted octanol–water partition coefficient (Wildman–Crippen LogP) is 4.32. The molecule has 2 heterocycles. The minimum absolute atomic E-state index is 0.139. The smallest absolute Gasteiger partial charge is 0.206 e. The number of nitrogens with zero attached hydrogens (tertiary/aromatic N) is 4. The fourth-order valence-electron chi connectivity index (χ4n) is 3.98. The van der Waals surface area contributed by atoms with Crippen molar-refractivity contribution in [3.63, 3.8) is 0 Å². The Balaban J connectivity index is 1.61. The van der Waals surface area contributed by atoms with Crippen molar-refractivity contribution in [2.75, 3.05) is 14.1 Å². The summed E-state index contributed by atoms with van der Waals surface area (Å²) in [5.74, 6) is 0.861. The molecule has 0 saturated heterocycles. The lowest BCUT2D eigenvalue weighted by Gasteiger charge is -2.48. The zero-order chi connectivity index (χ0) is 20.6. The van der Waals surface area contributed by atoms with Crippen LogP contribution in [0.5, 0.6) is 0 Å². The zero-order valence-corrected chi connectivity index (χ0v) is 17.8. The van der Waals surface area contributed by atoms with Crippen LogP contribution >= 0.6 is 11.8 Å². The van der Waals surface area contributed by atoms with E-state index in [1.54, 1.807) is 11.8 Å². The maximum atomic E-state index is 5.21. The molecule has 2 unspecified atom stereocenters. The molecule has 30 heavy (non-hydrogen) atoms. The van der Waals surface area contributed by atoms with Crippen LogP contribution in [-0.2, 0) is 0 Å². The van der Waals surface area contributed by atoms with E-state index in [0.29, 0.717) is 0 Å². The molecule has 1 N–H and O–H groups in total. The van der Waals surface area contributed by atoms with E-state index in [4.69, 9.17) is 10.1 Å². The lowest BCUT2D eigenvalue weighted by atomic mass is 10.0. The minimum Gasteiger partial charge on any atom is -0.300 e. The summed E-state index contributed by atoms with van der Waals surface area (Å²) in [6.45, 7) is 0. The van der Waals surface area contributed by atoms with Crippen LogP contribution in [0.3, 0.4) is 0 Å². The summed E-state index contributed by atoms with van der Waals surface area (Å²) < 4.78 is 0. The van der Waals surface area contributed by atoms with Gasteiger partial charge in [0.25, 0.3) is 0 Å². The molecule has 2 atom stereocenters. The summed E-state index contributed by atoms with van der Waals surface area (Å²) in [6.07, 6.45) is 0. The van der Waals surface area contributed by atoms with Crippen LogP contribution in [0.2, 0.25) is 0 Å². The van der Waals surface area contributed by atoms with Crippen LogP contribution in [0.4, 0.5) is 0 Å². The third-order valence-electron chi connectivity index (χ3n) is 5.50. The number of amidine groups is 1. The number of likely N-dealkylation sites (N-methyl/N-ethyl adjacent to an activating group) is 2. The Bertz CT molecular complexity index is 1080. The molecule has 3 aromatic carbocycles. The van der Waals surface area contributed by atoms with Crippen LogP contribution < -0.4 is 5.43 Å². The average Bonchev–Trinajstić information content (AvgIpc) is 3.15. The molecule has 2 aliphatic heterocycles. The summed E-state index contributed by atoms with van der Waals surface area (Å²) in [5.41, 5.74) is 6.85. The zero-order valence-electron chi connectivity index (χ0n) is 16.9. The molecule has 0 aromatic heterocycles. The summed E-state index contributed by atoms with van der Waals surface area (Å²) in [7, 11) is 4.10. The van der Waals surface area contributed by atoms with Crippen LogP contribution in [0.25, 0.3) is 0 Å². The minimum atomic E-state index is -0.523. The molecule has 0 fully saturated rings. The molecule has 5 nitrogen and oxygen atoms in total. The van der Waals surface area contributed by atoms with Gasteiger partial charge in [-0.3, -0.25) is 10.0 Å². The van der Waals surface area contributed by atoms with E-state index in [0.717, 1.165) is 27.6 Å². The quantitative estimate of drug-likeness (QED) is 0.695. The largest absolute Gasteiger partial charge is 0.300 e. The lowest BCUT2D eigenvalue weighted by Crippen LogP contribution is -2.64. The maximum absolute atomic E-state index is 5.21. The van der Waals surface area contributed by atoms with Crippen molar-refractivity contribution in [1.29, 1.82) is 0 Å². The summed E-state index contributed by atoms with van der Waals surface area (Å²) in [4.78, 5) is 4.69. The van der Waals surface area contributed by atoms with Crippen molar-refractivity contribution < 1.29 is 0 Å². The molecule has 3 aromatic rings. The first-order chi connectivity index (χ1) is 14.7. The molecule has 0 radical (unpaired) electrons. The van der Waals surface area contributed by atoms with Crippen LogP contribution in [-0.4, -0.2) is 40.0 Å². The second kappa shape index (κ2) is 7.63. The number of hydrogen-bond donors (Lipinski definition) is 1. The first-order valence-electron chi connectivity index (χ1n) is 9.94. The van der Waals surface area contributed by atoms with Gasteiger partial charge in [-0.25, -0.2) is 0 Å². The summed E-state index contributed by atoms with van der Waals surface area (Å²) in [5, 5.41) is 10.1. The second-order valence-electron chi connectivity index (χ2n) is 7.38. The number of hydrazine groups is 1. The van der Waals surface area contributed by atoms with E-state index in [9.17, 15) is 0 Å². The summed E-state index contributed by atoms with van der Waals surface area (Å²) in [6, 6.07) is 30.9. The molecule has 0 amide bonds. The highest BCUT2D eigenvalue weighted by molar-refractivity contribution is 8.15. The van der Waals surface area contributed by atoms with Gasteiger partial charge in [0, 0.05) is 25.2 Å². The third-order valence-corrected chi connectivity index (χ3v) is 7.08. The van der Waals surface area contributed by atoms with E-state index < -0.39 is 4.99 Å². The van der Waals surface area contributed by atoms with Gasteiger partial charge in [-0.05, 0) is 5.56 Å². The Morgan fingerprint density at radius 1 is 0.800 bits per heavy atom. The van der Waals surface area contributed by atoms with E-state index in [1.807, 2.05) is 54.5 Å². The molecule has 150 valence electrons. The number of hydrazone groups is 1. The van der Waals surface area contributed by atoms with Gasteiger partial charge in [0.15, 0.2) is 0 Å². The first kappa shape index (κ1) is 18.9. The number of hydrogen-bond acceptors (Lipinski definition) is 6. The average molecular weight is 414 g/mol. The van der Waals surface area contributed by atoms with Crippen LogP contribution in [0.1, 0.15) is 22.7 Å². The molecular formula is C24H23N5S. The topological polar surface area (TPSA) is 43.2 Å². The van der Waals surface area contributed by atoms with Gasteiger partial charge in [0.2, 0.25) is 4.99 Å². The molecule has 0 bridgehead atoms. The van der Waals surface area contributed by atoms with Gasteiger partial charge in [0.1, 0.15) is 16.9 Å². The molecule has 5 rings (SSSR count). The SMILES string of the molecule is CN1N=C(c2ccccc2)SC12C(c1ccccc1)N=C(c1ccccc1)NN2C. The standard InChI is InChI=1S/C24H23N5S/c1-28-24(29(2)27-23(30-24)20-16-10-5-11-17-20)21(18-12-6-3-7-13-18)25-22(26-28)19-14-8-4-9-15-19/h3-17,21H,1-2H3,(H,25,26). The molecule has 2 aliphatic rings. The predicted molar refractivity (Wildman–Crippen MR) is 124 cm³/mol. The second-order valence-corrected chi connectivity index (χ2v) is 8.57. The number of aliphatic imine (C=N–C) groups is 1. The van der Waals surface area contributed by atoms with Crippen molar-refractivity contribution in [1.82, 2.24) is 15.4 Å². The van der Waals surface area contributed by atoms with Crippen LogP contribution in [0.15, 0.2) is 101 Å². The monoisotopic (exact) mass is 413 g/mol. The van der Waals surface area contributed by atoms with E-state index >= 15 is 0 Å². The van der Waals surface area contributed by atoms with Gasteiger partial charge in [0.05, 0.1) is 0 Å². The van der Waals surface area contributed by atoms with E-state index in [-0.39, 0.29) is 6.04 Å². The van der Waals surface area contributed by atoms with Crippen LogP contribution in [0, 0.1) is 0 Å². The van der Waals surface area contributed by atoms with Gasteiger partial charge < -0.3 is 5.43 Å². The summed E-state index contributed by atoms with van der Waals surface area (Å²) >= 11 is 1.74. The van der Waals surface area contributed by atoms with Gasteiger partial charge in [-0.1, -0.05) is 103 Å². The molecule has 1 spiro atoms. The lowest BCUT2D eigenvalue weighted by molar-refractivity contribution is 0.00804. The Hall–Kier alpha value is -3.09. The fourth-order valence-corrected chi connectivity index (χ4v) is 5.34. The Morgan fingerprint density at radius 2 is 1.37 bits per heavy atom. The van der Waals surface area contributed by atoms with Gasteiger partial charge in [-0.2, -0.15) is 10.1 Å². The first-order valence-corrected chi connectivity index (χ1v) is 10.8. The van der Waals surface area contributed by atoms with E-state index in [1.165, 1.54) is 0 Å². The highest BCUT2D eigenvalue weighted by Crippen LogP contribution is 2.51. The van der Waals surface area contributed by atoms with Gasteiger partial charge in [-0.15, -0.1) is 0 Å².